The molecule has 3 aromatic rings. The number of hydrogen-bond acceptors (Lipinski definition) is 8. The van der Waals surface area contributed by atoms with Crippen LogP contribution < -0.4 is 15.4 Å². The van der Waals surface area contributed by atoms with E-state index in [0.717, 1.165) is 12.3 Å². The molecule has 36 heavy (non-hydrogen) atoms. The van der Waals surface area contributed by atoms with Gasteiger partial charge in [0.25, 0.3) is 0 Å². The number of phenolic OH excluding ortho intramolecular Hbond substituents is 1. The van der Waals surface area contributed by atoms with Crippen LogP contribution in [0.25, 0.3) is 22.4 Å². The number of rotatable bonds is 6. The number of piperidine rings is 1. The summed E-state index contributed by atoms with van der Waals surface area (Å²) in [5, 5.41) is 34.6. The molecule has 0 spiro atoms. The Bertz CT molecular complexity index is 1280. The largest absolute Gasteiger partial charge is 0.507 e. The fourth-order valence-electron chi connectivity index (χ4n) is 6.60. The number of benzene rings is 1. The van der Waals surface area contributed by atoms with Crippen molar-refractivity contribution in [1.82, 2.24) is 25.7 Å². The second kappa shape index (κ2) is 8.37. The summed E-state index contributed by atoms with van der Waals surface area (Å²) in [5.41, 5.74) is 1.61. The van der Waals surface area contributed by atoms with Crippen molar-refractivity contribution in [1.29, 1.82) is 0 Å². The first-order valence-corrected chi connectivity index (χ1v) is 12.6. The van der Waals surface area contributed by atoms with Gasteiger partial charge >= 0.3 is 0 Å². The zero-order valence-electron chi connectivity index (χ0n) is 20.8. The minimum Gasteiger partial charge on any atom is -0.507 e. The molecule has 4 heterocycles. The quantitative estimate of drug-likeness (QED) is 0.462. The molecule has 4 atom stereocenters. The third-order valence-corrected chi connectivity index (χ3v) is 8.25. The van der Waals surface area contributed by atoms with Crippen LogP contribution in [-0.2, 0) is 0 Å². The standard InChI is InChI=1S/C27H31FN6O2/c1-26-8-9-27(2,34-26)25(15-4-5-15)20(13-26)30-22-7-6-19(31-32-22)24-18(28)10-16(11-21(24)35)17-12-23(36-3)33-29-14-17/h6-7,10-12,14-15,20,25,34-35H,4-5,8-9,13H2,1-3H3,(H,30,32). The number of aromatic nitrogens is 4. The molecule has 8 nitrogen and oxygen atoms in total. The molecule has 2 saturated heterocycles. The van der Waals surface area contributed by atoms with E-state index in [1.807, 2.05) is 6.07 Å². The number of ether oxygens (including phenoxy) is 1. The van der Waals surface area contributed by atoms with Gasteiger partial charge in [0.2, 0.25) is 5.88 Å². The molecule has 2 bridgehead atoms. The van der Waals surface area contributed by atoms with Crippen LogP contribution in [0.1, 0.15) is 46.0 Å². The van der Waals surface area contributed by atoms with Gasteiger partial charge in [0, 0.05) is 28.7 Å². The highest BCUT2D eigenvalue weighted by atomic mass is 19.1. The van der Waals surface area contributed by atoms with Crippen LogP contribution in [0.4, 0.5) is 10.2 Å². The number of halogens is 1. The number of fused-ring (bicyclic) bond motifs is 2. The number of nitrogens with zero attached hydrogens (tertiary/aromatic N) is 4. The average Bonchev–Trinajstić information content (AvgIpc) is 3.64. The van der Waals surface area contributed by atoms with Crippen LogP contribution in [0.2, 0.25) is 0 Å². The third kappa shape index (κ3) is 4.05. The fourth-order valence-corrected chi connectivity index (χ4v) is 6.60. The monoisotopic (exact) mass is 490 g/mol. The van der Waals surface area contributed by atoms with Gasteiger partial charge in [-0.05, 0) is 87.6 Å². The predicted molar refractivity (Wildman–Crippen MR) is 134 cm³/mol. The molecule has 188 valence electrons. The molecule has 2 aliphatic heterocycles. The molecule has 9 heteroatoms. The number of hydrogen-bond donors (Lipinski definition) is 3. The van der Waals surface area contributed by atoms with Crippen LogP contribution in [0.5, 0.6) is 11.6 Å². The molecule has 6 rings (SSSR count). The van der Waals surface area contributed by atoms with Crippen molar-refractivity contribution in [3.8, 4) is 34.0 Å². The maximum Gasteiger partial charge on any atom is 0.233 e. The van der Waals surface area contributed by atoms with Crippen molar-refractivity contribution in [3.63, 3.8) is 0 Å². The van der Waals surface area contributed by atoms with Crippen LogP contribution in [0.15, 0.2) is 36.5 Å². The van der Waals surface area contributed by atoms with Gasteiger partial charge in [0.15, 0.2) is 0 Å². The lowest BCUT2D eigenvalue weighted by molar-refractivity contribution is 0.121. The maximum atomic E-state index is 15.1. The lowest BCUT2D eigenvalue weighted by atomic mass is 9.72. The van der Waals surface area contributed by atoms with E-state index in [1.165, 1.54) is 51.1 Å². The van der Waals surface area contributed by atoms with Crippen LogP contribution in [-0.4, -0.2) is 49.7 Å². The van der Waals surface area contributed by atoms with Gasteiger partial charge in [-0.3, -0.25) is 0 Å². The van der Waals surface area contributed by atoms with Crippen molar-refractivity contribution in [3.05, 3.63) is 42.3 Å². The highest BCUT2D eigenvalue weighted by Crippen LogP contribution is 2.54. The Morgan fingerprint density at radius 2 is 1.92 bits per heavy atom. The van der Waals surface area contributed by atoms with Crippen molar-refractivity contribution in [2.24, 2.45) is 11.8 Å². The van der Waals surface area contributed by atoms with Gasteiger partial charge in [-0.25, -0.2) is 4.39 Å². The van der Waals surface area contributed by atoms with E-state index in [4.69, 9.17) is 4.74 Å². The Morgan fingerprint density at radius 3 is 2.61 bits per heavy atom. The molecule has 3 fully saturated rings. The normalized spacial score (nSPS) is 29.2. The van der Waals surface area contributed by atoms with E-state index in [1.54, 1.807) is 12.1 Å². The lowest BCUT2D eigenvalue weighted by Gasteiger charge is -2.49. The summed E-state index contributed by atoms with van der Waals surface area (Å²) in [6, 6.07) is 8.29. The number of aromatic hydroxyl groups is 1. The Hall–Kier alpha value is -3.33. The second-order valence-corrected chi connectivity index (χ2v) is 11.1. The van der Waals surface area contributed by atoms with Gasteiger partial charge in [-0.2, -0.15) is 5.10 Å². The van der Waals surface area contributed by atoms with E-state index in [0.29, 0.717) is 34.8 Å². The first-order valence-electron chi connectivity index (χ1n) is 12.6. The molecule has 1 aliphatic carbocycles. The summed E-state index contributed by atoms with van der Waals surface area (Å²) in [4.78, 5) is 0. The minimum absolute atomic E-state index is 0.0163. The van der Waals surface area contributed by atoms with E-state index in [2.05, 4.69) is 44.9 Å². The van der Waals surface area contributed by atoms with Gasteiger partial charge < -0.3 is 20.5 Å². The van der Waals surface area contributed by atoms with Crippen LogP contribution in [0, 0.1) is 17.7 Å². The molecule has 0 radical (unpaired) electrons. The average molecular weight is 491 g/mol. The number of methoxy groups -OCH3 is 1. The zero-order chi connectivity index (χ0) is 25.1. The Balaban J connectivity index is 1.24. The molecule has 2 aromatic heterocycles. The molecule has 3 aliphatic rings. The van der Waals surface area contributed by atoms with E-state index in [-0.39, 0.29) is 28.1 Å². The Kier molecular flexibility index (Phi) is 5.37. The first-order chi connectivity index (χ1) is 17.3. The maximum absolute atomic E-state index is 15.1. The Labute approximate surface area is 209 Å². The molecular weight excluding hydrogens is 459 g/mol. The summed E-state index contributed by atoms with van der Waals surface area (Å²) in [6.07, 6.45) is 7.49. The minimum atomic E-state index is -0.597. The molecule has 3 N–H and O–H groups in total. The van der Waals surface area contributed by atoms with E-state index >= 15 is 4.39 Å². The van der Waals surface area contributed by atoms with Crippen LogP contribution >= 0.6 is 0 Å². The molecule has 1 saturated carbocycles. The summed E-state index contributed by atoms with van der Waals surface area (Å²) >= 11 is 0. The molecule has 4 unspecified atom stereocenters. The van der Waals surface area contributed by atoms with Crippen molar-refractivity contribution < 1.29 is 14.2 Å². The topological polar surface area (TPSA) is 105 Å². The smallest absolute Gasteiger partial charge is 0.233 e. The molecule has 0 amide bonds. The first kappa shape index (κ1) is 23.1. The summed E-state index contributed by atoms with van der Waals surface area (Å²) < 4.78 is 20.2. The number of nitrogens with one attached hydrogen (secondary N) is 2. The van der Waals surface area contributed by atoms with E-state index < -0.39 is 5.82 Å². The summed E-state index contributed by atoms with van der Waals surface area (Å²) in [6.45, 7) is 4.69. The number of phenols is 1. The van der Waals surface area contributed by atoms with Gasteiger partial charge in [-0.1, -0.05) is 0 Å². The number of anilines is 1. The van der Waals surface area contributed by atoms with Crippen molar-refractivity contribution >= 4 is 5.82 Å². The van der Waals surface area contributed by atoms with E-state index in [9.17, 15) is 5.11 Å². The molecular formula is C27H31FN6O2. The summed E-state index contributed by atoms with van der Waals surface area (Å²) in [7, 11) is 1.48. The SMILES string of the molecule is COc1cc(-c2cc(O)c(-c3ccc(NC4CC5(C)CCC(C)(N5)C4C4CC4)nn3)c(F)c2)cnn1. The summed E-state index contributed by atoms with van der Waals surface area (Å²) in [5.74, 6) is 1.45. The Morgan fingerprint density at radius 1 is 1.08 bits per heavy atom. The van der Waals surface area contributed by atoms with Crippen molar-refractivity contribution in [2.75, 3.05) is 12.4 Å². The van der Waals surface area contributed by atoms with Crippen molar-refractivity contribution in [2.45, 2.75) is 63.1 Å². The van der Waals surface area contributed by atoms with Gasteiger partial charge in [0.05, 0.1) is 24.6 Å². The predicted octanol–water partition coefficient (Wildman–Crippen LogP) is 4.57. The fraction of sp³-hybridized carbons (Fsp3) is 0.481. The van der Waals surface area contributed by atoms with Gasteiger partial charge in [-0.15, -0.1) is 15.3 Å². The van der Waals surface area contributed by atoms with Crippen LogP contribution in [0.3, 0.4) is 0 Å². The third-order valence-electron chi connectivity index (χ3n) is 8.25. The molecule has 1 aromatic carbocycles. The zero-order valence-corrected chi connectivity index (χ0v) is 20.8. The lowest BCUT2D eigenvalue weighted by Crippen LogP contribution is -2.63. The highest BCUT2D eigenvalue weighted by molar-refractivity contribution is 5.75. The van der Waals surface area contributed by atoms with Gasteiger partial charge in [0.1, 0.15) is 17.4 Å². The second-order valence-electron chi connectivity index (χ2n) is 11.1. The highest BCUT2D eigenvalue weighted by Gasteiger charge is 2.58.